The lowest BCUT2D eigenvalue weighted by molar-refractivity contribution is -0.0214. The van der Waals surface area contributed by atoms with Crippen molar-refractivity contribution < 1.29 is 14.3 Å². The summed E-state index contributed by atoms with van der Waals surface area (Å²) in [6, 6.07) is 8.97. The number of nitrogens with one attached hydrogen (secondary N) is 1. The molecule has 0 bridgehead atoms. The van der Waals surface area contributed by atoms with Crippen molar-refractivity contribution in [3.8, 4) is 0 Å². The second-order valence-corrected chi connectivity index (χ2v) is 3.66. The van der Waals surface area contributed by atoms with E-state index >= 15 is 0 Å². The molecule has 1 saturated heterocycles. The van der Waals surface area contributed by atoms with Crippen molar-refractivity contribution in [1.82, 2.24) is 5.32 Å². The van der Waals surface area contributed by atoms with Crippen LogP contribution in [0.25, 0.3) is 0 Å². The van der Waals surface area contributed by atoms with Crippen molar-refractivity contribution in [2.24, 2.45) is 0 Å². The van der Waals surface area contributed by atoms with Gasteiger partial charge in [-0.15, -0.1) is 0 Å². The van der Waals surface area contributed by atoms with E-state index in [4.69, 9.17) is 9.47 Å². The highest BCUT2D eigenvalue weighted by Gasteiger charge is 2.16. The zero-order valence-corrected chi connectivity index (χ0v) is 9.02. The van der Waals surface area contributed by atoms with Crippen molar-refractivity contribution in [2.75, 3.05) is 26.3 Å². The van der Waals surface area contributed by atoms with Crippen LogP contribution < -0.4 is 5.32 Å². The molecule has 0 spiro atoms. The first-order valence-corrected chi connectivity index (χ1v) is 5.41. The average Bonchev–Trinajstić information content (AvgIpc) is 2.38. The maximum absolute atomic E-state index is 11.6. The molecule has 1 N–H and O–H groups in total. The number of benzene rings is 1. The van der Waals surface area contributed by atoms with Crippen LogP contribution in [0.5, 0.6) is 0 Å². The SMILES string of the molecule is O=C(OCC1CNCCO1)c1ccccc1. The second kappa shape index (κ2) is 5.63. The van der Waals surface area contributed by atoms with Gasteiger partial charge < -0.3 is 14.8 Å². The number of carbonyl (C=O) groups excluding carboxylic acids is 1. The molecule has 1 heterocycles. The van der Waals surface area contributed by atoms with E-state index in [0.29, 0.717) is 18.8 Å². The van der Waals surface area contributed by atoms with E-state index in [2.05, 4.69) is 5.32 Å². The molecule has 0 aliphatic carbocycles. The minimum absolute atomic E-state index is 0.0265. The molecule has 1 aromatic carbocycles. The Labute approximate surface area is 94.6 Å². The Morgan fingerprint density at radius 3 is 2.94 bits per heavy atom. The van der Waals surface area contributed by atoms with Crippen LogP contribution in [0.15, 0.2) is 30.3 Å². The Hall–Kier alpha value is -1.39. The molecule has 1 fully saturated rings. The average molecular weight is 221 g/mol. The van der Waals surface area contributed by atoms with Crippen LogP contribution in [0, 0.1) is 0 Å². The summed E-state index contributed by atoms with van der Waals surface area (Å²) in [5.74, 6) is -0.297. The monoisotopic (exact) mass is 221 g/mol. The van der Waals surface area contributed by atoms with Crippen LogP contribution in [-0.4, -0.2) is 38.4 Å². The highest BCUT2D eigenvalue weighted by Crippen LogP contribution is 2.03. The first-order chi connectivity index (χ1) is 7.86. The van der Waals surface area contributed by atoms with Gasteiger partial charge >= 0.3 is 5.97 Å². The van der Waals surface area contributed by atoms with Crippen molar-refractivity contribution in [1.29, 1.82) is 0 Å². The topological polar surface area (TPSA) is 47.6 Å². The summed E-state index contributed by atoms with van der Waals surface area (Å²) in [5, 5.41) is 3.18. The van der Waals surface area contributed by atoms with Crippen molar-refractivity contribution in [3.05, 3.63) is 35.9 Å². The number of ether oxygens (including phenoxy) is 2. The number of morpholine rings is 1. The highest BCUT2D eigenvalue weighted by molar-refractivity contribution is 5.89. The summed E-state index contributed by atoms with van der Waals surface area (Å²) in [4.78, 5) is 11.6. The largest absolute Gasteiger partial charge is 0.459 e. The van der Waals surface area contributed by atoms with Gasteiger partial charge in [0.1, 0.15) is 12.7 Å². The molecule has 86 valence electrons. The Balaban J connectivity index is 1.79. The smallest absolute Gasteiger partial charge is 0.338 e. The fourth-order valence-corrected chi connectivity index (χ4v) is 1.55. The third-order valence-electron chi connectivity index (χ3n) is 2.41. The zero-order chi connectivity index (χ0) is 11.2. The molecule has 1 unspecified atom stereocenters. The van der Waals surface area contributed by atoms with Gasteiger partial charge in [0.25, 0.3) is 0 Å². The zero-order valence-electron chi connectivity index (χ0n) is 9.02. The van der Waals surface area contributed by atoms with E-state index in [1.807, 2.05) is 18.2 Å². The number of hydrogen-bond acceptors (Lipinski definition) is 4. The second-order valence-electron chi connectivity index (χ2n) is 3.66. The standard InChI is InChI=1S/C12H15NO3/c14-12(10-4-2-1-3-5-10)16-9-11-8-13-6-7-15-11/h1-5,11,13H,6-9H2. The quantitative estimate of drug-likeness (QED) is 0.768. The highest BCUT2D eigenvalue weighted by atomic mass is 16.6. The van der Waals surface area contributed by atoms with Crippen molar-refractivity contribution in [3.63, 3.8) is 0 Å². The predicted molar refractivity (Wildman–Crippen MR) is 59.3 cm³/mol. The summed E-state index contributed by atoms with van der Waals surface area (Å²) in [7, 11) is 0. The molecule has 16 heavy (non-hydrogen) atoms. The Kier molecular flexibility index (Phi) is 3.91. The van der Waals surface area contributed by atoms with Gasteiger partial charge in [-0.1, -0.05) is 18.2 Å². The summed E-state index contributed by atoms with van der Waals surface area (Å²) < 4.78 is 10.6. The lowest BCUT2D eigenvalue weighted by Crippen LogP contribution is -2.41. The summed E-state index contributed by atoms with van der Waals surface area (Å²) in [5.41, 5.74) is 0.575. The van der Waals surface area contributed by atoms with Crippen molar-refractivity contribution >= 4 is 5.97 Å². The van der Waals surface area contributed by atoms with Gasteiger partial charge in [-0.3, -0.25) is 0 Å². The van der Waals surface area contributed by atoms with Gasteiger partial charge in [0.15, 0.2) is 0 Å². The first kappa shape index (κ1) is 11.1. The summed E-state index contributed by atoms with van der Waals surface area (Å²) in [6.45, 7) is 2.58. The van der Waals surface area contributed by atoms with Crippen molar-refractivity contribution in [2.45, 2.75) is 6.10 Å². The van der Waals surface area contributed by atoms with Gasteiger partial charge in [-0.2, -0.15) is 0 Å². The molecule has 0 saturated carbocycles. The van der Waals surface area contributed by atoms with E-state index in [9.17, 15) is 4.79 Å². The molecule has 0 amide bonds. The Morgan fingerprint density at radius 1 is 1.44 bits per heavy atom. The molecule has 4 heteroatoms. The van der Waals surface area contributed by atoms with Gasteiger partial charge in [0.05, 0.1) is 12.2 Å². The maximum atomic E-state index is 11.6. The third kappa shape index (κ3) is 3.05. The summed E-state index contributed by atoms with van der Waals surface area (Å²) >= 11 is 0. The molecule has 1 atom stereocenters. The molecule has 1 aromatic rings. The molecular weight excluding hydrogens is 206 g/mol. The van der Waals surface area contributed by atoms with E-state index in [1.54, 1.807) is 12.1 Å². The Morgan fingerprint density at radius 2 is 2.25 bits per heavy atom. The van der Waals surface area contributed by atoms with Gasteiger partial charge in [-0.25, -0.2) is 4.79 Å². The minimum Gasteiger partial charge on any atom is -0.459 e. The van der Waals surface area contributed by atoms with Crippen LogP contribution in [0.3, 0.4) is 0 Å². The van der Waals surface area contributed by atoms with Crippen LogP contribution in [0.4, 0.5) is 0 Å². The van der Waals surface area contributed by atoms with Crippen LogP contribution in [-0.2, 0) is 9.47 Å². The lowest BCUT2D eigenvalue weighted by atomic mass is 10.2. The molecule has 2 rings (SSSR count). The number of carbonyl (C=O) groups is 1. The number of hydrogen-bond donors (Lipinski definition) is 1. The fraction of sp³-hybridized carbons (Fsp3) is 0.417. The summed E-state index contributed by atoms with van der Waals surface area (Å²) in [6.07, 6.45) is -0.0265. The maximum Gasteiger partial charge on any atom is 0.338 e. The molecule has 0 aromatic heterocycles. The van der Waals surface area contributed by atoms with E-state index in [-0.39, 0.29) is 12.1 Å². The molecular formula is C12H15NO3. The molecule has 1 aliphatic heterocycles. The molecule has 4 nitrogen and oxygen atoms in total. The third-order valence-corrected chi connectivity index (χ3v) is 2.41. The van der Waals surface area contributed by atoms with E-state index < -0.39 is 0 Å². The fourth-order valence-electron chi connectivity index (χ4n) is 1.55. The van der Waals surface area contributed by atoms with Gasteiger partial charge in [-0.05, 0) is 12.1 Å². The Bertz CT molecular complexity index is 333. The van der Waals surface area contributed by atoms with Gasteiger partial charge in [0, 0.05) is 13.1 Å². The predicted octanol–water partition coefficient (Wildman–Crippen LogP) is 0.832. The molecule has 1 aliphatic rings. The van der Waals surface area contributed by atoms with Crippen LogP contribution in [0.1, 0.15) is 10.4 Å². The number of esters is 1. The van der Waals surface area contributed by atoms with Gasteiger partial charge in [0.2, 0.25) is 0 Å². The normalized spacial score (nSPS) is 20.4. The molecule has 0 radical (unpaired) electrons. The van der Waals surface area contributed by atoms with Crippen LogP contribution in [0.2, 0.25) is 0 Å². The van der Waals surface area contributed by atoms with E-state index in [1.165, 1.54) is 0 Å². The van der Waals surface area contributed by atoms with Crippen LogP contribution >= 0.6 is 0 Å². The first-order valence-electron chi connectivity index (χ1n) is 5.41. The van der Waals surface area contributed by atoms with E-state index in [0.717, 1.165) is 13.1 Å². The number of rotatable bonds is 3. The minimum atomic E-state index is -0.297. The lowest BCUT2D eigenvalue weighted by Gasteiger charge is -2.23.